The summed E-state index contributed by atoms with van der Waals surface area (Å²) >= 11 is 0. The Morgan fingerprint density at radius 2 is 1.44 bits per heavy atom. The van der Waals surface area contributed by atoms with Gasteiger partial charge >= 0.3 is 0 Å². The maximum atomic E-state index is 6.19. The smallest absolute Gasteiger partial charge is 0.129 e. The predicted octanol–water partition coefficient (Wildman–Crippen LogP) is 8.73. The topological polar surface area (TPSA) is 41.8 Å². The Labute approximate surface area is 199 Å². The molecule has 1 aliphatic heterocycles. The van der Waals surface area contributed by atoms with E-state index in [1.54, 1.807) is 0 Å². The third-order valence-electron chi connectivity index (χ3n) is 7.21. The van der Waals surface area contributed by atoms with Crippen molar-refractivity contribution in [3.05, 3.63) is 89.2 Å². The van der Waals surface area contributed by atoms with Crippen LogP contribution in [0.3, 0.4) is 0 Å². The molecule has 0 atom stereocenters. The maximum Gasteiger partial charge on any atom is 0.129 e. The normalized spacial score (nSPS) is 12.8. The Balaban J connectivity index is 1.78. The summed E-state index contributed by atoms with van der Waals surface area (Å²) in [5, 5.41) is 0. The van der Waals surface area contributed by atoms with E-state index in [0.29, 0.717) is 0 Å². The van der Waals surface area contributed by atoms with Gasteiger partial charge in [0, 0.05) is 23.2 Å². The summed E-state index contributed by atoms with van der Waals surface area (Å²) in [6.07, 6.45) is 1.89. The van der Waals surface area contributed by atoms with E-state index >= 15 is 0 Å². The molecule has 168 valence electrons. The molecule has 0 amide bonds. The van der Waals surface area contributed by atoms with Crippen molar-refractivity contribution in [1.29, 1.82) is 0 Å². The second kappa shape index (κ2) is 7.88. The number of nitrogens with zero attached hydrogens (tertiary/aromatic N) is 1. The number of hydrogen-bond acceptors (Lipinski definition) is 2. The Hall–Kier alpha value is -3.85. The van der Waals surface area contributed by atoms with Crippen LogP contribution in [0.4, 0.5) is 0 Å². The van der Waals surface area contributed by atoms with Crippen molar-refractivity contribution in [2.24, 2.45) is 0 Å². The summed E-state index contributed by atoms with van der Waals surface area (Å²) in [7, 11) is 0. The molecule has 0 radical (unpaired) electrons. The first-order valence-corrected chi connectivity index (χ1v) is 12.1. The van der Waals surface area contributed by atoms with Gasteiger partial charge in [-0.1, -0.05) is 38.1 Å². The maximum absolute atomic E-state index is 6.19. The molecule has 6 rings (SSSR count). The average Bonchev–Trinajstić information content (AvgIpc) is 3.56. The number of aromatic amines is 1. The van der Waals surface area contributed by atoms with Crippen molar-refractivity contribution >= 4 is 33.3 Å². The van der Waals surface area contributed by atoms with Crippen LogP contribution >= 0.6 is 0 Å². The number of hydrogen-bond donors (Lipinski definition) is 1. The zero-order valence-electron chi connectivity index (χ0n) is 20.1. The third kappa shape index (κ3) is 3.23. The summed E-state index contributed by atoms with van der Waals surface area (Å²) in [6, 6.07) is 23.7. The van der Waals surface area contributed by atoms with E-state index in [1.165, 1.54) is 44.5 Å². The number of nitrogens with one attached hydrogen (secondary N) is 1. The van der Waals surface area contributed by atoms with Crippen LogP contribution in [-0.2, 0) is 6.42 Å². The van der Waals surface area contributed by atoms with Gasteiger partial charge < -0.3 is 9.40 Å². The molecular weight excluding hydrogens is 416 g/mol. The molecule has 0 saturated heterocycles. The van der Waals surface area contributed by atoms with Crippen LogP contribution in [-0.4, -0.2) is 9.97 Å². The molecule has 0 saturated carbocycles. The number of H-pyrrole nitrogens is 1. The van der Waals surface area contributed by atoms with Crippen LogP contribution in [0.1, 0.15) is 49.7 Å². The Kier molecular flexibility index (Phi) is 4.80. The van der Waals surface area contributed by atoms with Crippen molar-refractivity contribution in [2.45, 2.75) is 40.5 Å². The molecule has 1 aromatic carbocycles. The standard InChI is InChI=1S/C31H28N2O/c1-5-24-18(3)28-14-20-13-21(27-10-8-7-9-26(20)27)15-29-19(4)25(6-2)31(33-29)17-23-12-11-22(34-23)16-30(24)32-28/h7-17,32H,5-6H2,1-4H3. The monoisotopic (exact) mass is 444 g/mol. The molecule has 0 spiro atoms. The average molecular weight is 445 g/mol. The van der Waals surface area contributed by atoms with Gasteiger partial charge in [-0.05, 0) is 102 Å². The van der Waals surface area contributed by atoms with Gasteiger partial charge in [0.2, 0.25) is 0 Å². The lowest BCUT2D eigenvalue weighted by Gasteiger charge is -2.01. The van der Waals surface area contributed by atoms with E-state index in [2.05, 4.69) is 87.3 Å². The predicted molar refractivity (Wildman–Crippen MR) is 142 cm³/mol. The number of aromatic nitrogens is 2. The first kappa shape index (κ1) is 20.7. The third-order valence-corrected chi connectivity index (χ3v) is 7.21. The molecule has 0 unspecified atom stereocenters. The molecule has 1 N–H and O–H groups in total. The van der Waals surface area contributed by atoms with Gasteiger partial charge in [-0.25, -0.2) is 4.98 Å². The first-order valence-electron chi connectivity index (χ1n) is 12.1. The lowest BCUT2D eigenvalue weighted by Crippen LogP contribution is -1.79. The van der Waals surface area contributed by atoms with Crippen molar-refractivity contribution in [3.63, 3.8) is 0 Å². The number of aryl methyl sites for hydroxylation is 2. The molecule has 34 heavy (non-hydrogen) atoms. The minimum atomic E-state index is 0.825. The number of rotatable bonds is 2. The van der Waals surface area contributed by atoms with Gasteiger partial charge in [0.25, 0.3) is 0 Å². The van der Waals surface area contributed by atoms with Crippen molar-refractivity contribution in [3.8, 4) is 22.3 Å². The Morgan fingerprint density at radius 3 is 2.15 bits per heavy atom. The van der Waals surface area contributed by atoms with Gasteiger partial charge in [0.1, 0.15) is 11.2 Å². The second-order valence-electron chi connectivity index (χ2n) is 9.17. The van der Waals surface area contributed by atoms with Gasteiger partial charge in [-0.15, -0.1) is 0 Å². The summed E-state index contributed by atoms with van der Waals surface area (Å²) in [6.45, 7) is 8.78. The zero-order chi connectivity index (χ0) is 23.4. The summed E-state index contributed by atoms with van der Waals surface area (Å²) in [4.78, 5) is 8.71. The highest BCUT2D eigenvalue weighted by atomic mass is 16.3. The van der Waals surface area contributed by atoms with E-state index in [-0.39, 0.29) is 0 Å². The summed E-state index contributed by atoms with van der Waals surface area (Å²) in [5.74, 6) is 0. The molecule has 3 aromatic heterocycles. The van der Waals surface area contributed by atoms with Crippen molar-refractivity contribution in [1.82, 2.24) is 9.97 Å². The molecule has 4 heterocycles. The molecule has 4 aromatic rings. The van der Waals surface area contributed by atoms with Crippen molar-refractivity contribution in [2.75, 3.05) is 0 Å². The van der Waals surface area contributed by atoms with E-state index < -0.39 is 0 Å². The second-order valence-corrected chi connectivity index (χ2v) is 9.17. The molecule has 0 fully saturated rings. The van der Waals surface area contributed by atoms with Crippen LogP contribution in [0.2, 0.25) is 0 Å². The Bertz CT molecular complexity index is 1650. The van der Waals surface area contributed by atoms with Gasteiger partial charge in [-0.3, -0.25) is 0 Å². The molecule has 3 nitrogen and oxygen atoms in total. The van der Waals surface area contributed by atoms with Crippen LogP contribution < -0.4 is 0 Å². The number of allylic oxidation sites excluding steroid dienone is 2. The lowest BCUT2D eigenvalue weighted by atomic mass is 10.0. The highest BCUT2D eigenvalue weighted by molar-refractivity contribution is 5.95. The highest BCUT2D eigenvalue weighted by Crippen LogP contribution is 2.41. The van der Waals surface area contributed by atoms with Gasteiger partial charge in [0.05, 0.1) is 11.4 Å². The fourth-order valence-electron chi connectivity index (χ4n) is 5.39. The molecule has 2 aliphatic rings. The quantitative estimate of drug-likeness (QED) is 0.296. The molecule has 8 bridgehead atoms. The number of furan rings is 1. The van der Waals surface area contributed by atoms with Gasteiger partial charge in [0.15, 0.2) is 0 Å². The molecular formula is C31H28N2O. The molecule has 3 heteroatoms. The number of benzene rings is 1. The largest absolute Gasteiger partial charge is 0.457 e. The van der Waals surface area contributed by atoms with Gasteiger partial charge in [-0.2, -0.15) is 0 Å². The van der Waals surface area contributed by atoms with Crippen LogP contribution in [0.5, 0.6) is 0 Å². The van der Waals surface area contributed by atoms with Crippen LogP contribution in [0.25, 0.3) is 55.6 Å². The minimum Gasteiger partial charge on any atom is -0.457 e. The van der Waals surface area contributed by atoms with Crippen molar-refractivity contribution < 1.29 is 4.42 Å². The van der Waals surface area contributed by atoms with E-state index in [4.69, 9.17) is 9.40 Å². The molecule has 1 aliphatic carbocycles. The van der Waals surface area contributed by atoms with E-state index in [9.17, 15) is 0 Å². The van der Waals surface area contributed by atoms with E-state index in [1.807, 2.05) is 12.1 Å². The zero-order valence-corrected chi connectivity index (χ0v) is 20.1. The fourth-order valence-corrected chi connectivity index (χ4v) is 5.39. The fraction of sp³-hybridized carbons (Fsp3) is 0.194. The minimum absolute atomic E-state index is 0.825. The van der Waals surface area contributed by atoms with E-state index in [0.717, 1.165) is 46.4 Å². The summed E-state index contributed by atoms with van der Waals surface area (Å²) < 4.78 is 6.19. The van der Waals surface area contributed by atoms with Crippen LogP contribution in [0, 0.1) is 6.92 Å². The SMILES string of the molecule is CCC1=C(C)c2cc3cc(cc4[nH]c(cc5ccc(cc1n2)o5)c(CC)c4C)-c1ccccc1-3. The Morgan fingerprint density at radius 1 is 0.735 bits per heavy atom. The first-order chi connectivity index (χ1) is 16.6. The highest BCUT2D eigenvalue weighted by Gasteiger charge is 2.18. The van der Waals surface area contributed by atoms with Crippen LogP contribution in [0.15, 0.2) is 71.1 Å². The number of fused-ring (bicyclic) bond motifs is 11. The lowest BCUT2D eigenvalue weighted by molar-refractivity contribution is 0.665. The summed E-state index contributed by atoms with van der Waals surface area (Å²) in [5.41, 5.74) is 16.0.